The molecule has 0 aliphatic rings. The molecule has 0 saturated carbocycles. The highest BCUT2D eigenvalue weighted by molar-refractivity contribution is 7.99. The van der Waals surface area contributed by atoms with E-state index in [0.29, 0.717) is 18.1 Å². The average molecular weight is 418 g/mol. The predicted octanol–water partition coefficient (Wildman–Crippen LogP) is 2.60. The lowest BCUT2D eigenvalue weighted by atomic mass is 10.2. The molecule has 2 N–H and O–H groups in total. The Morgan fingerprint density at radius 2 is 1.93 bits per heavy atom. The average Bonchev–Trinajstić information content (AvgIpc) is 2.67. The summed E-state index contributed by atoms with van der Waals surface area (Å²) in [6, 6.07) is 8.65. The number of amides is 3. The van der Waals surface area contributed by atoms with Gasteiger partial charge in [0.25, 0.3) is 5.56 Å². The number of imide groups is 1. The quantitative estimate of drug-likeness (QED) is 0.491. The van der Waals surface area contributed by atoms with Crippen molar-refractivity contribution in [2.24, 2.45) is 0 Å². The number of nitrogens with zero attached hydrogens (tertiary/aromatic N) is 2. The largest absolute Gasteiger partial charge is 0.338 e. The van der Waals surface area contributed by atoms with Crippen LogP contribution >= 0.6 is 11.8 Å². The van der Waals surface area contributed by atoms with Crippen LogP contribution in [0.5, 0.6) is 0 Å². The number of carbonyl (C=O) groups is 2. The number of rotatable bonds is 5. The zero-order valence-electron chi connectivity index (χ0n) is 15.2. The highest BCUT2D eigenvalue weighted by Gasteiger charge is 2.18. The van der Waals surface area contributed by atoms with E-state index in [0.717, 1.165) is 28.5 Å². The van der Waals surface area contributed by atoms with Crippen molar-refractivity contribution >= 4 is 34.6 Å². The Kier molecular flexibility index (Phi) is 6.23. The highest BCUT2D eigenvalue weighted by Crippen LogP contribution is 2.23. The Balaban J connectivity index is 2.02. The number of hydrogen-bond acceptors (Lipinski definition) is 5. The van der Waals surface area contributed by atoms with Crippen LogP contribution in [0.3, 0.4) is 0 Å². The van der Waals surface area contributed by atoms with Gasteiger partial charge in [-0.05, 0) is 31.2 Å². The van der Waals surface area contributed by atoms with Gasteiger partial charge in [0.05, 0.1) is 22.3 Å². The van der Waals surface area contributed by atoms with Crippen molar-refractivity contribution in [3.8, 4) is 5.69 Å². The SMILES string of the molecule is CCNC(=O)NC(=O)CSc1nc2ccccc2c(=O)n1-c1ccc(F)cc1F. The Bertz CT molecular complexity index is 1150. The molecule has 3 aromatic rings. The third-order valence-corrected chi connectivity index (χ3v) is 4.76. The number of hydrogen-bond donors (Lipinski definition) is 2. The minimum absolute atomic E-state index is 0.0326. The molecule has 1 heterocycles. The molecular formula is C19H16F2N4O3S. The second-order valence-electron chi connectivity index (χ2n) is 5.84. The minimum atomic E-state index is -0.946. The molecule has 0 unspecified atom stereocenters. The fourth-order valence-corrected chi connectivity index (χ4v) is 3.39. The van der Waals surface area contributed by atoms with E-state index < -0.39 is 29.1 Å². The Hall–Kier alpha value is -3.27. The van der Waals surface area contributed by atoms with Gasteiger partial charge in [-0.2, -0.15) is 0 Å². The van der Waals surface area contributed by atoms with Crippen LogP contribution in [0.1, 0.15) is 6.92 Å². The molecule has 3 amide bonds. The van der Waals surface area contributed by atoms with Gasteiger partial charge in [0.1, 0.15) is 11.6 Å². The van der Waals surface area contributed by atoms with Gasteiger partial charge >= 0.3 is 6.03 Å². The molecule has 0 fully saturated rings. The lowest BCUT2D eigenvalue weighted by Crippen LogP contribution is -2.40. The van der Waals surface area contributed by atoms with Crippen LogP contribution in [0.25, 0.3) is 16.6 Å². The normalized spacial score (nSPS) is 10.7. The Morgan fingerprint density at radius 3 is 2.66 bits per heavy atom. The summed E-state index contributed by atoms with van der Waals surface area (Å²) in [6.45, 7) is 2.05. The van der Waals surface area contributed by atoms with Crippen LogP contribution in [0, 0.1) is 11.6 Å². The summed E-state index contributed by atoms with van der Waals surface area (Å²) in [6.07, 6.45) is 0. The summed E-state index contributed by atoms with van der Waals surface area (Å²) in [5, 5.41) is 4.83. The van der Waals surface area contributed by atoms with Gasteiger partial charge in [-0.3, -0.25) is 19.5 Å². The Morgan fingerprint density at radius 1 is 1.17 bits per heavy atom. The lowest BCUT2D eigenvalue weighted by Gasteiger charge is -2.14. The fraction of sp³-hybridized carbons (Fsp3) is 0.158. The van der Waals surface area contributed by atoms with Crippen LogP contribution in [0.15, 0.2) is 52.4 Å². The number of urea groups is 1. The van der Waals surface area contributed by atoms with E-state index in [1.807, 2.05) is 0 Å². The first-order chi connectivity index (χ1) is 13.9. The van der Waals surface area contributed by atoms with Crippen molar-refractivity contribution in [3.63, 3.8) is 0 Å². The minimum Gasteiger partial charge on any atom is -0.338 e. The predicted molar refractivity (Wildman–Crippen MR) is 105 cm³/mol. The maximum atomic E-state index is 14.4. The van der Waals surface area contributed by atoms with Crippen molar-refractivity contribution in [1.29, 1.82) is 0 Å². The first-order valence-corrected chi connectivity index (χ1v) is 9.57. The highest BCUT2D eigenvalue weighted by atomic mass is 32.2. The van der Waals surface area contributed by atoms with E-state index in [-0.39, 0.29) is 22.0 Å². The number of benzene rings is 2. The number of carbonyl (C=O) groups excluding carboxylic acids is 2. The van der Waals surface area contributed by atoms with Crippen LogP contribution in [-0.4, -0.2) is 33.8 Å². The smallest absolute Gasteiger partial charge is 0.321 e. The second kappa shape index (κ2) is 8.82. The molecule has 7 nitrogen and oxygen atoms in total. The zero-order valence-corrected chi connectivity index (χ0v) is 16.1. The molecule has 0 aliphatic heterocycles. The molecule has 0 aliphatic carbocycles. The maximum absolute atomic E-state index is 14.4. The molecule has 0 radical (unpaired) electrons. The summed E-state index contributed by atoms with van der Waals surface area (Å²) >= 11 is 0.851. The molecule has 29 heavy (non-hydrogen) atoms. The number of aromatic nitrogens is 2. The molecule has 2 aromatic carbocycles. The van der Waals surface area contributed by atoms with E-state index in [1.54, 1.807) is 31.2 Å². The van der Waals surface area contributed by atoms with Gasteiger partial charge in [-0.1, -0.05) is 23.9 Å². The molecule has 150 valence electrons. The van der Waals surface area contributed by atoms with Gasteiger partial charge in [0.2, 0.25) is 5.91 Å². The van der Waals surface area contributed by atoms with Gasteiger partial charge in [0.15, 0.2) is 5.16 Å². The number of thioether (sulfide) groups is 1. The second-order valence-corrected chi connectivity index (χ2v) is 6.79. The standard InChI is InChI=1S/C19H16F2N4O3S/c1-2-22-18(28)24-16(26)10-29-19-23-14-6-4-3-5-12(14)17(27)25(19)15-8-7-11(20)9-13(15)21/h3-9H,2,10H2,1H3,(H2,22,24,26,28). The summed E-state index contributed by atoms with van der Waals surface area (Å²) in [5.41, 5.74) is -0.392. The van der Waals surface area contributed by atoms with Crippen molar-refractivity contribution in [2.75, 3.05) is 12.3 Å². The zero-order chi connectivity index (χ0) is 21.0. The molecule has 0 bridgehead atoms. The van der Waals surface area contributed by atoms with Crippen LogP contribution in [0.4, 0.5) is 13.6 Å². The third kappa shape index (κ3) is 4.60. The van der Waals surface area contributed by atoms with Crippen molar-refractivity contribution in [3.05, 3.63) is 64.5 Å². The summed E-state index contributed by atoms with van der Waals surface area (Å²) in [5.74, 6) is -2.60. The summed E-state index contributed by atoms with van der Waals surface area (Å²) < 4.78 is 28.7. The molecule has 0 saturated heterocycles. The van der Waals surface area contributed by atoms with E-state index in [1.165, 1.54) is 0 Å². The number of halogens is 2. The molecule has 0 atom stereocenters. The van der Waals surface area contributed by atoms with E-state index in [4.69, 9.17) is 0 Å². The Labute approximate surface area is 168 Å². The molecule has 1 aromatic heterocycles. The first kappa shape index (κ1) is 20.5. The van der Waals surface area contributed by atoms with Crippen LogP contribution in [0.2, 0.25) is 0 Å². The summed E-state index contributed by atoms with van der Waals surface area (Å²) in [4.78, 5) is 40.8. The van der Waals surface area contributed by atoms with E-state index in [2.05, 4.69) is 15.6 Å². The number of nitrogens with one attached hydrogen (secondary N) is 2. The topological polar surface area (TPSA) is 93.1 Å². The number of para-hydroxylation sites is 1. The van der Waals surface area contributed by atoms with Crippen molar-refractivity contribution in [2.45, 2.75) is 12.1 Å². The maximum Gasteiger partial charge on any atom is 0.321 e. The monoisotopic (exact) mass is 418 g/mol. The molecular weight excluding hydrogens is 402 g/mol. The molecule has 3 rings (SSSR count). The summed E-state index contributed by atoms with van der Waals surface area (Å²) in [7, 11) is 0. The van der Waals surface area contributed by atoms with Gasteiger partial charge < -0.3 is 5.32 Å². The van der Waals surface area contributed by atoms with Crippen LogP contribution in [-0.2, 0) is 4.79 Å². The van der Waals surface area contributed by atoms with Gasteiger partial charge in [-0.15, -0.1) is 0 Å². The van der Waals surface area contributed by atoms with Crippen LogP contribution < -0.4 is 16.2 Å². The molecule has 0 spiro atoms. The first-order valence-electron chi connectivity index (χ1n) is 8.58. The van der Waals surface area contributed by atoms with E-state index >= 15 is 0 Å². The number of fused-ring (bicyclic) bond motifs is 1. The van der Waals surface area contributed by atoms with Gasteiger partial charge in [-0.25, -0.2) is 18.6 Å². The van der Waals surface area contributed by atoms with E-state index in [9.17, 15) is 23.2 Å². The third-order valence-electron chi connectivity index (χ3n) is 3.82. The fourth-order valence-electron chi connectivity index (χ4n) is 2.58. The lowest BCUT2D eigenvalue weighted by molar-refractivity contribution is -0.117. The van der Waals surface area contributed by atoms with Gasteiger partial charge in [0, 0.05) is 12.6 Å². The van der Waals surface area contributed by atoms with Crippen molar-refractivity contribution in [1.82, 2.24) is 20.2 Å². The molecule has 10 heteroatoms. The van der Waals surface area contributed by atoms with Crippen molar-refractivity contribution < 1.29 is 18.4 Å².